The van der Waals surface area contributed by atoms with Gasteiger partial charge in [-0.25, -0.2) is 0 Å². The molecule has 4 heteroatoms. The molecule has 1 N–H and O–H groups in total. The first-order valence-corrected chi connectivity index (χ1v) is 11.9. The van der Waals surface area contributed by atoms with Crippen molar-refractivity contribution in [2.75, 3.05) is 20.2 Å². The molecular weight excluding hydrogens is 388 g/mol. The third-order valence-electron chi connectivity index (χ3n) is 6.89. The molecule has 0 radical (unpaired) electrons. The van der Waals surface area contributed by atoms with E-state index in [0.717, 1.165) is 24.6 Å². The fourth-order valence-corrected chi connectivity index (χ4v) is 6.01. The van der Waals surface area contributed by atoms with Crippen molar-refractivity contribution in [2.45, 2.75) is 37.9 Å². The van der Waals surface area contributed by atoms with Crippen LogP contribution in [0.4, 0.5) is 0 Å². The second-order valence-corrected chi connectivity index (χ2v) is 9.49. The van der Waals surface area contributed by atoms with Gasteiger partial charge < -0.3 is 10.1 Å². The van der Waals surface area contributed by atoms with Gasteiger partial charge in [-0.1, -0.05) is 48.5 Å². The number of methoxy groups -OCH3 is 1. The second kappa shape index (κ2) is 8.93. The van der Waals surface area contributed by atoms with Crippen molar-refractivity contribution < 1.29 is 4.74 Å². The molecule has 0 amide bonds. The minimum atomic E-state index is 0.536. The first kappa shape index (κ1) is 19.8. The maximum atomic E-state index is 5.56. The SMILES string of the molecule is COc1ccccc1CNC1C2CCN(CC2)C1Cc1ccc(-c2cccs2)cc1. The Kier molecular flexibility index (Phi) is 5.89. The van der Waals surface area contributed by atoms with Crippen LogP contribution < -0.4 is 10.1 Å². The molecule has 3 aromatic rings. The van der Waals surface area contributed by atoms with Crippen LogP contribution in [0, 0.1) is 5.92 Å². The second-order valence-electron chi connectivity index (χ2n) is 8.54. The third kappa shape index (κ3) is 4.04. The minimum Gasteiger partial charge on any atom is -0.496 e. The van der Waals surface area contributed by atoms with Crippen LogP contribution in [0.3, 0.4) is 0 Å². The minimum absolute atomic E-state index is 0.536. The number of hydrogen-bond acceptors (Lipinski definition) is 4. The van der Waals surface area contributed by atoms with Crippen LogP contribution in [0.2, 0.25) is 0 Å². The molecule has 2 bridgehead atoms. The number of benzene rings is 2. The molecule has 2 aromatic carbocycles. The summed E-state index contributed by atoms with van der Waals surface area (Å²) < 4.78 is 5.56. The fraction of sp³-hybridized carbons (Fsp3) is 0.385. The number of fused-ring (bicyclic) bond motifs is 3. The highest BCUT2D eigenvalue weighted by atomic mass is 32.1. The molecule has 3 saturated heterocycles. The zero-order valence-corrected chi connectivity index (χ0v) is 18.4. The third-order valence-corrected chi connectivity index (χ3v) is 7.81. The molecule has 0 saturated carbocycles. The molecule has 0 spiro atoms. The molecule has 3 fully saturated rings. The summed E-state index contributed by atoms with van der Waals surface area (Å²) in [5.41, 5.74) is 4.01. The standard InChI is InChI=1S/C26H30N2OS/c1-29-24-6-3-2-5-22(24)18-27-26-21-12-14-28(15-13-21)23(26)17-19-8-10-20(11-9-19)25-7-4-16-30-25/h2-11,16,21,23,26-27H,12-15,17-18H2,1H3. The summed E-state index contributed by atoms with van der Waals surface area (Å²) in [4.78, 5) is 4.06. The summed E-state index contributed by atoms with van der Waals surface area (Å²) in [6, 6.07) is 23.0. The Morgan fingerprint density at radius 3 is 2.53 bits per heavy atom. The smallest absolute Gasteiger partial charge is 0.123 e. The Hall–Kier alpha value is -2.14. The van der Waals surface area contributed by atoms with Crippen molar-refractivity contribution >= 4 is 11.3 Å². The predicted molar refractivity (Wildman–Crippen MR) is 125 cm³/mol. The number of hydrogen-bond donors (Lipinski definition) is 1. The number of piperidine rings is 3. The van der Waals surface area contributed by atoms with Gasteiger partial charge >= 0.3 is 0 Å². The van der Waals surface area contributed by atoms with Crippen molar-refractivity contribution in [2.24, 2.45) is 5.92 Å². The van der Waals surface area contributed by atoms with Crippen molar-refractivity contribution in [1.82, 2.24) is 10.2 Å². The summed E-state index contributed by atoms with van der Waals surface area (Å²) in [7, 11) is 1.76. The summed E-state index contributed by atoms with van der Waals surface area (Å²) in [6.07, 6.45) is 3.75. The number of ether oxygens (including phenoxy) is 1. The molecule has 1 aromatic heterocycles. The zero-order valence-electron chi connectivity index (χ0n) is 17.6. The lowest BCUT2D eigenvalue weighted by molar-refractivity contribution is 0.0126. The van der Waals surface area contributed by atoms with Gasteiger partial charge in [0.1, 0.15) is 5.75 Å². The number of thiophene rings is 1. The molecule has 2 atom stereocenters. The number of nitrogens with one attached hydrogen (secondary N) is 1. The molecule has 4 heterocycles. The van der Waals surface area contributed by atoms with E-state index in [1.807, 2.05) is 6.07 Å². The van der Waals surface area contributed by atoms with Crippen molar-refractivity contribution in [3.8, 4) is 16.2 Å². The zero-order chi connectivity index (χ0) is 20.3. The van der Waals surface area contributed by atoms with E-state index in [2.05, 4.69) is 70.2 Å². The Balaban J connectivity index is 1.31. The van der Waals surface area contributed by atoms with Crippen LogP contribution in [0.1, 0.15) is 24.0 Å². The first-order chi connectivity index (χ1) is 14.8. The van der Waals surface area contributed by atoms with Crippen LogP contribution in [0.25, 0.3) is 10.4 Å². The van der Waals surface area contributed by atoms with E-state index in [1.165, 1.54) is 47.5 Å². The van der Waals surface area contributed by atoms with Crippen molar-refractivity contribution in [3.63, 3.8) is 0 Å². The van der Waals surface area contributed by atoms with Gasteiger partial charge in [0.25, 0.3) is 0 Å². The van der Waals surface area contributed by atoms with Crippen LogP contribution >= 0.6 is 11.3 Å². The van der Waals surface area contributed by atoms with E-state index < -0.39 is 0 Å². The largest absolute Gasteiger partial charge is 0.496 e. The van der Waals surface area contributed by atoms with Gasteiger partial charge in [0.05, 0.1) is 7.11 Å². The van der Waals surface area contributed by atoms with Crippen molar-refractivity contribution in [3.05, 3.63) is 77.2 Å². The average Bonchev–Trinajstić information content (AvgIpc) is 3.35. The Bertz CT molecular complexity index is 945. The summed E-state index contributed by atoms with van der Waals surface area (Å²) in [5, 5.41) is 6.07. The van der Waals surface area contributed by atoms with E-state index >= 15 is 0 Å². The molecule has 3 nitrogen and oxygen atoms in total. The van der Waals surface area contributed by atoms with E-state index in [9.17, 15) is 0 Å². The van der Waals surface area contributed by atoms with Gasteiger partial charge in [-0.15, -0.1) is 11.3 Å². The molecule has 156 valence electrons. The lowest BCUT2D eigenvalue weighted by Gasteiger charge is -2.51. The average molecular weight is 419 g/mol. The molecule has 2 unspecified atom stereocenters. The lowest BCUT2D eigenvalue weighted by atomic mass is 9.76. The van der Waals surface area contributed by atoms with Gasteiger partial charge in [-0.2, -0.15) is 0 Å². The highest BCUT2D eigenvalue weighted by Crippen LogP contribution is 2.35. The van der Waals surface area contributed by atoms with E-state index in [1.54, 1.807) is 18.4 Å². The highest BCUT2D eigenvalue weighted by molar-refractivity contribution is 7.13. The van der Waals surface area contributed by atoms with Gasteiger partial charge in [-0.05, 0) is 66.9 Å². The Morgan fingerprint density at radius 2 is 1.80 bits per heavy atom. The molecule has 0 aliphatic carbocycles. The van der Waals surface area contributed by atoms with Gasteiger partial charge in [-0.3, -0.25) is 4.90 Å². The van der Waals surface area contributed by atoms with Crippen LogP contribution in [-0.4, -0.2) is 37.2 Å². The summed E-state index contributed by atoms with van der Waals surface area (Å²) in [5.74, 6) is 1.76. The Morgan fingerprint density at radius 1 is 1.00 bits per heavy atom. The lowest BCUT2D eigenvalue weighted by Crippen LogP contribution is -2.63. The maximum Gasteiger partial charge on any atom is 0.123 e. The quantitative estimate of drug-likeness (QED) is 0.569. The Labute approximate surface area is 183 Å². The molecule has 3 aliphatic heterocycles. The molecule has 6 rings (SSSR count). The van der Waals surface area contributed by atoms with Gasteiger partial charge in [0.15, 0.2) is 0 Å². The van der Waals surface area contributed by atoms with Gasteiger partial charge in [0.2, 0.25) is 0 Å². The molecule has 3 aliphatic rings. The monoisotopic (exact) mass is 418 g/mol. The van der Waals surface area contributed by atoms with E-state index in [-0.39, 0.29) is 0 Å². The maximum absolute atomic E-state index is 5.56. The first-order valence-electron chi connectivity index (χ1n) is 11.0. The highest BCUT2D eigenvalue weighted by Gasteiger charge is 2.41. The summed E-state index contributed by atoms with van der Waals surface area (Å²) in [6.45, 7) is 3.36. The van der Waals surface area contributed by atoms with Crippen LogP contribution in [0.5, 0.6) is 5.75 Å². The van der Waals surface area contributed by atoms with Gasteiger partial charge in [0, 0.05) is 29.1 Å². The number of para-hydroxylation sites is 1. The van der Waals surface area contributed by atoms with Crippen LogP contribution in [-0.2, 0) is 13.0 Å². The predicted octanol–water partition coefficient (Wildman–Crippen LogP) is 5.22. The van der Waals surface area contributed by atoms with E-state index in [4.69, 9.17) is 4.74 Å². The fourth-order valence-electron chi connectivity index (χ4n) is 5.28. The molecular formula is C26H30N2OS. The molecule has 30 heavy (non-hydrogen) atoms. The number of nitrogens with zero attached hydrogens (tertiary/aromatic N) is 1. The number of rotatable bonds is 7. The normalized spacial score (nSPS) is 25.4. The topological polar surface area (TPSA) is 24.5 Å². The van der Waals surface area contributed by atoms with Crippen LogP contribution in [0.15, 0.2) is 66.0 Å². The van der Waals surface area contributed by atoms with E-state index in [0.29, 0.717) is 12.1 Å². The summed E-state index contributed by atoms with van der Waals surface area (Å²) >= 11 is 1.81. The van der Waals surface area contributed by atoms with Crippen molar-refractivity contribution in [1.29, 1.82) is 0 Å².